The van der Waals surface area contributed by atoms with Crippen LogP contribution < -0.4 is 0 Å². The van der Waals surface area contributed by atoms with E-state index in [0.717, 1.165) is 16.0 Å². The molecule has 2 amide bonds. The molecule has 0 spiro atoms. The summed E-state index contributed by atoms with van der Waals surface area (Å²) in [5.41, 5.74) is 2.23. The molecule has 1 saturated carbocycles. The van der Waals surface area contributed by atoms with E-state index in [2.05, 4.69) is 0 Å². The van der Waals surface area contributed by atoms with Gasteiger partial charge in [-0.2, -0.15) is 0 Å². The third-order valence-electron chi connectivity index (χ3n) is 4.89. The Labute approximate surface area is 124 Å². The monoisotopic (exact) mass is 285 g/mol. The van der Waals surface area contributed by atoms with Crippen LogP contribution in [0.5, 0.6) is 0 Å². The van der Waals surface area contributed by atoms with Gasteiger partial charge >= 0.3 is 0 Å². The fraction of sp³-hybridized carbons (Fsp3) is 0.471. The predicted molar refractivity (Wildman–Crippen MR) is 77.7 cm³/mol. The summed E-state index contributed by atoms with van der Waals surface area (Å²) in [6.07, 6.45) is 0. The number of hydrogen-bond donors (Lipinski definition) is 0. The van der Waals surface area contributed by atoms with E-state index in [-0.39, 0.29) is 41.4 Å². The van der Waals surface area contributed by atoms with Gasteiger partial charge in [-0.05, 0) is 30.9 Å². The third kappa shape index (κ3) is 1.93. The third-order valence-corrected chi connectivity index (χ3v) is 4.89. The highest BCUT2D eigenvalue weighted by Crippen LogP contribution is 2.63. The second-order valence-electron chi connectivity index (χ2n) is 6.78. The summed E-state index contributed by atoms with van der Waals surface area (Å²) >= 11 is 0. The lowest BCUT2D eigenvalue weighted by Crippen LogP contribution is -2.40. The van der Waals surface area contributed by atoms with Crippen LogP contribution in [0.4, 0.5) is 0 Å². The van der Waals surface area contributed by atoms with Gasteiger partial charge in [0, 0.05) is 5.56 Å². The number of Topliss-reactive ketones (excluding diaryl/α,β-unsaturated/α-hetero) is 1. The van der Waals surface area contributed by atoms with Gasteiger partial charge in [-0.15, -0.1) is 0 Å². The fourth-order valence-corrected chi connectivity index (χ4v) is 3.42. The number of aryl methyl sites for hydroxylation is 2. The standard InChI is InChI=1S/C17H19NO3/c1-9-5-6-10(2)11(7-9)12(19)8-18-15(20)13-14(16(18)21)17(13,3)4/h5-7,13-14H,8H2,1-4H3. The molecule has 1 saturated heterocycles. The fourth-order valence-electron chi connectivity index (χ4n) is 3.42. The maximum absolute atomic E-state index is 12.4. The number of benzene rings is 1. The van der Waals surface area contributed by atoms with Gasteiger partial charge in [-0.1, -0.05) is 31.5 Å². The number of nitrogens with zero attached hydrogens (tertiary/aromatic N) is 1. The minimum Gasteiger partial charge on any atom is -0.292 e. The van der Waals surface area contributed by atoms with Crippen molar-refractivity contribution < 1.29 is 14.4 Å². The number of carbonyl (C=O) groups excluding carboxylic acids is 3. The first-order chi connectivity index (χ1) is 9.75. The number of rotatable bonds is 3. The Balaban J connectivity index is 1.79. The van der Waals surface area contributed by atoms with Gasteiger partial charge in [0.25, 0.3) is 0 Å². The highest BCUT2D eigenvalue weighted by Gasteiger charge is 2.72. The number of amides is 2. The zero-order chi connectivity index (χ0) is 15.5. The second-order valence-corrected chi connectivity index (χ2v) is 6.78. The Hall–Kier alpha value is -1.97. The van der Waals surface area contributed by atoms with E-state index in [1.807, 2.05) is 45.9 Å². The van der Waals surface area contributed by atoms with Gasteiger partial charge in [-0.3, -0.25) is 19.3 Å². The summed E-state index contributed by atoms with van der Waals surface area (Å²) in [5.74, 6) is -0.993. The van der Waals surface area contributed by atoms with Crippen LogP contribution in [0.1, 0.15) is 35.3 Å². The van der Waals surface area contributed by atoms with Crippen molar-refractivity contribution in [2.75, 3.05) is 6.54 Å². The summed E-state index contributed by atoms with van der Waals surface area (Å²) in [6.45, 7) is 7.51. The largest absolute Gasteiger partial charge is 0.292 e. The molecule has 0 N–H and O–H groups in total. The molecule has 1 aliphatic heterocycles. The van der Waals surface area contributed by atoms with Gasteiger partial charge in [0.05, 0.1) is 18.4 Å². The molecule has 110 valence electrons. The molecule has 0 radical (unpaired) electrons. The molecule has 2 fully saturated rings. The summed E-state index contributed by atoms with van der Waals surface area (Å²) in [7, 11) is 0. The molecule has 3 rings (SSSR count). The number of piperidine rings is 1. The van der Waals surface area contributed by atoms with E-state index >= 15 is 0 Å². The number of imide groups is 1. The minimum atomic E-state index is -0.229. The van der Waals surface area contributed by atoms with Gasteiger partial charge < -0.3 is 0 Å². The van der Waals surface area contributed by atoms with Crippen molar-refractivity contribution in [2.24, 2.45) is 17.3 Å². The Morgan fingerprint density at radius 1 is 1.14 bits per heavy atom. The lowest BCUT2D eigenvalue weighted by molar-refractivity contribution is -0.142. The normalized spacial score (nSPS) is 26.0. The molecule has 1 aromatic carbocycles. The maximum Gasteiger partial charge on any atom is 0.234 e. The molecule has 1 heterocycles. The summed E-state index contributed by atoms with van der Waals surface area (Å²) in [5, 5.41) is 0. The zero-order valence-electron chi connectivity index (χ0n) is 12.8. The minimum absolute atomic E-state index is 0.134. The van der Waals surface area contributed by atoms with Crippen molar-refractivity contribution >= 4 is 17.6 Å². The Morgan fingerprint density at radius 3 is 2.29 bits per heavy atom. The van der Waals surface area contributed by atoms with Crippen LogP contribution in [0.25, 0.3) is 0 Å². The highest BCUT2D eigenvalue weighted by molar-refractivity contribution is 6.13. The predicted octanol–water partition coefficient (Wildman–Crippen LogP) is 2.13. The maximum atomic E-state index is 12.4. The first-order valence-electron chi connectivity index (χ1n) is 7.21. The van der Waals surface area contributed by atoms with Gasteiger partial charge in [0.1, 0.15) is 0 Å². The molecule has 2 aliphatic rings. The van der Waals surface area contributed by atoms with Crippen molar-refractivity contribution in [3.8, 4) is 0 Å². The first-order valence-corrected chi connectivity index (χ1v) is 7.21. The topological polar surface area (TPSA) is 54.5 Å². The van der Waals surface area contributed by atoms with Gasteiger partial charge in [-0.25, -0.2) is 0 Å². The Morgan fingerprint density at radius 2 is 1.71 bits per heavy atom. The summed E-state index contributed by atoms with van der Waals surface area (Å²) < 4.78 is 0. The quantitative estimate of drug-likeness (QED) is 0.631. The van der Waals surface area contributed by atoms with Crippen LogP contribution in [-0.4, -0.2) is 29.0 Å². The van der Waals surface area contributed by atoms with Crippen LogP contribution >= 0.6 is 0 Å². The van der Waals surface area contributed by atoms with Gasteiger partial charge in [0.15, 0.2) is 5.78 Å². The molecule has 4 heteroatoms. The van der Waals surface area contributed by atoms with Gasteiger partial charge in [0.2, 0.25) is 11.8 Å². The van der Waals surface area contributed by atoms with Crippen LogP contribution in [0.2, 0.25) is 0 Å². The molecular weight excluding hydrogens is 266 g/mol. The Bertz CT molecular complexity index is 651. The van der Waals surface area contributed by atoms with E-state index in [0.29, 0.717) is 5.56 Å². The number of likely N-dealkylation sites (tertiary alicyclic amines) is 1. The molecule has 0 aromatic heterocycles. The highest BCUT2D eigenvalue weighted by atomic mass is 16.2. The molecular formula is C17H19NO3. The SMILES string of the molecule is Cc1ccc(C)c(C(=O)CN2C(=O)C3C(C2=O)C3(C)C)c1. The van der Waals surface area contributed by atoms with E-state index < -0.39 is 0 Å². The summed E-state index contributed by atoms with van der Waals surface area (Å²) in [6, 6.07) is 5.64. The van der Waals surface area contributed by atoms with Crippen LogP contribution in [0.3, 0.4) is 0 Å². The molecule has 21 heavy (non-hydrogen) atoms. The van der Waals surface area contributed by atoms with Crippen LogP contribution in [0.15, 0.2) is 18.2 Å². The van der Waals surface area contributed by atoms with Crippen molar-refractivity contribution in [3.05, 3.63) is 34.9 Å². The smallest absolute Gasteiger partial charge is 0.234 e. The number of hydrogen-bond acceptors (Lipinski definition) is 3. The van der Waals surface area contributed by atoms with Crippen molar-refractivity contribution in [3.63, 3.8) is 0 Å². The van der Waals surface area contributed by atoms with E-state index in [9.17, 15) is 14.4 Å². The molecule has 2 unspecified atom stereocenters. The first kappa shape index (κ1) is 14.0. The van der Waals surface area contributed by atoms with Crippen LogP contribution in [-0.2, 0) is 9.59 Å². The van der Waals surface area contributed by atoms with Crippen molar-refractivity contribution in [1.29, 1.82) is 0 Å². The lowest BCUT2D eigenvalue weighted by atomic mass is 10.0. The van der Waals surface area contributed by atoms with E-state index in [1.165, 1.54) is 0 Å². The molecule has 4 nitrogen and oxygen atoms in total. The average molecular weight is 285 g/mol. The number of ketones is 1. The number of fused-ring (bicyclic) bond motifs is 1. The number of carbonyl (C=O) groups is 3. The van der Waals surface area contributed by atoms with E-state index in [4.69, 9.17) is 0 Å². The zero-order valence-corrected chi connectivity index (χ0v) is 12.8. The molecule has 1 aliphatic carbocycles. The molecule has 1 aromatic rings. The average Bonchev–Trinajstić information content (AvgIpc) is 2.89. The van der Waals surface area contributed by atoms with Crippen molar-refractivity contribution in [1.82, 2.24) is 4.90 Å². The lowest BCUT2D eigenvalue weighted by Gasteiger charge is -2.20. The van der Waals surface area contributed by atoms with Crippen molar-refractivity contribution in [2.45, 2.75) is 27.7 Å². The molecule has 2 atom stereocenters. The second kappa shape index (κ2) is 4.26. The van der Waals surface area contributed by atoms with E-state index in [1.54, 1.807) is 0 Å². The Kier molecular flexibility index (Phi) is 2.84. The van der Waals surface area contributed by atoms with Crippen LogP contribution in [0, 0.1) is 31.1 Å². The summed E-state index contributed by atoms with van der Waals surface area (Å²) in [4.78, 5) is 38.0. The molecule has 0 bridgehead atoms.